The number of carboxylic acid groups (broad SMARTS) is 1. The highest BCUT2D eigenvalue weighted by molar-refractivity contribution is 5.98. The molecule has 6 heteroatoms. The number of aryl methyl sites for hydroxylation is 3. The molecule has 0 aliphatic heterocycles. The molecule has 6 nitrogen and oxygen atoms in total. The summed E-state index contributed by atoms with van der Waals surface area (Å²) in [7, 11) is 1.62. The molecule has 0 bridgehead atoms. The molecule has 4 aromatic rings. The number of hydrogen-bond donors (Lipinski definition) is 1. The Kier molecular flexibility index (Phi) is 9.57. The van der Waals surface area contributed by atoms with E-state index in [2.05, 4.69) is 12.1 Å². The molecule has 0 saturated heterocycles. The summed E-state index contributed by atoms with van der Waals surface area (Å²) in [6, 6.07) is 29.3. The Hall–Kier alpha value is -4.58. The first-order chi connectivity index (χ1) is 19.4. The van der Waals surface area contributed by atoms with E-state index in [1.54, 1.807) is 7.11 Å². The Bertz CT molecular complexity index is 1450. The number of nitrogens with zero attached hydrogens (tertiary/aromatic N) is 1. The number of benzene rings is 4. The Morgan fingerprint density at radius 1 is 0.850 bits per heavy atom. The van der Waals surface area contributed by atoms with Crippen LogP contribution in [0.25, 0.3) is 11.1 Å². The van der Waals surface area contributed by atoms with Crippen LogP contribution in [-0.4, -0.2) is 42.1 Å². The topological polar surface area (TPSA) is 76.1 Å². The molecule has 1 N–H and O–H groups in total. The van der Waals surface area contributed by atoms with E-state index in [1.807, 2.05) is 92.7 Å². The number of aliphatic carboxylic acids is 1. The van der Waals surface area contributed by atoms with E-state index in [1.165, 1.54) is 4.90 Å². The summed E-state index contributed by atoms with van der Waals surface area (Å²) in [6.45, 7) is 4.24. The van der Waals surface area contributed by atoms with E-state index in [-0.39, 0.29) is 19.0 Å². The largest absolute Gasteiger partial charge is 0.497 e. The molecule has 4 rings (SSSR count). The summed E-state index contributed by atoms with van der Waals surface area (Å²) in [5.74, 6) is 0.0328. The van der Waals surface area contributed by atoms with Crippen molar-refractivity contribution >= 4 is 11.9 Å². The van der Waals surface area contributed by atoms with Crippen LogP contribution in [0.3, 0.4) is 0 Å². The third-order valence-electron chi connectivity index (χ3n) is 6.77. The van der Waals surface area contributed by atoms with E-state index in [0.29, 0.717) is 30.1 Å². The first-order valence-corrected chi connectivity index (χ1v) is 13.4. The molecule has 0 aliphatic carbocycles. The molecule has 0 heterocycles. The lowest BCUT2D eigenvalue weighted by molar-refractivity contribution is -0.137. The molecule has 0 unspecified atom stereocenters. The van der Waals surface area contributed by atoms with Gasteiger partial charge in [-0.1, -0.05) is 72.3 Å². The Morgan fingerprint density at radius 2 is 1.60 bits per heavy atom. The molecule has 206 valence electrons. The zero-order valence-electron chi connectivity index (χ0n) is 23.2. The maximum Gasteiger partial charge on any atom is 0.323 e. The van der Waals surface area contributed by atoms with Gasteiger partial charge in [-0.25, -0.2) is 0 Å². The van der Waals surface area contributed by atoms with E-state index in [9.17, 15) is 14.7 Å². The first kappa shape index (κ1) is 28.4. The van der Waals surface area contributed by atoms with Crippen molar-refractivity contribution < 1.29 is 24.2 Å². The number of rotatable bonds is 12. The average molecular weight is 538 g/mol. The molecular formula is C34H35NO5. The van der Waals surface area contributed by atoms with E-state index in [4.69, 9.17) is 9.47 Å². The van der Waals surface area contributed by atoms with Crippen LogP contribution in [0.1, 0.15) is 39.5 Å². The molecule has 0 fully saturated rings. The van der Waals surface area contributed by atoms with Crippen molar-refractivity contribution in [3.63, 3.8) is 0 Å². The van der Waals surface area contributed by atoms with Crippen LogP contribution in [0.4, 0.5) is 0 Å². The molecule has 0 spiro atoms. The lowest BCUT2D eigenvalue weighted by atomic mass is 9.93. The Labute approximate surface area is 235 Å². The van der Waals surface area contributed by atoms with Crippen molar-refractivity contribution in [1.29, 1.82) is 0 Å². The highest BCUT2D eigenvalue weighted by atomic mass is 16.5. The quantitative estimate of drug-likeness (QED) is 0.221. The molecule has 0 atom stereocenters. The fourth-order valence-electron chi connectivity index (χ4n) is 4.69. The van der Waals surface area contributed by atoms with Crippen LogP contribution in [0.2, 0.25) is 0 Å². The number of methoxy groups -OCH3 is 1. The van der Waals surface area contributed by atoms with Crippen molar-refractivity contribution in [3.8, 4) is 22.6 Å². The van der Waals surface area contributed by atoms with Gasteiger partial charge in [0.1, 0.15) is 18.0 Å². The number of amides is 1. The number of ether oxygens (including phenoxy) is 2. The highest BCUT2D eigenvalue weighted by Gasteiger charge is 2.22. The fraction of sp³-hybridized carbons (Fsp3) is 0.235. The minimum Gasteiger partial charge on any atom is -0.497 e. The van der Waals surface area contributed by atoms with Crippen LogP contribution >= 0.6 is 0 Å². The zero-order valence-corrected chi connectivity index (χ0v) is 23.2. The lowest BCUT2D eigenvalue weighted by Gasteiger charge is -2.23. The van der Waals surface area contributed by atoms with Crippen molar-refractivity contribution in [2.45, 2.75) is 33.2 Å². The smallest absolute Gasteiger partial charge is 0.323 e. The van der Waals surface area contributed by atoms with Gasteiger partial charge in [0.15, 0.2) is 0 Å². The molecule has 1 amide bonds. The van der Waals surface area contributed by atoms with Gasteiger partial charge in [-0.15, -0.1) is 0 Å². The van der Waals surface area contributed by atoms with Crippen LogP contribution in [0.15, 0.2) is 91.0 Å². The zero-order chi connectivity index (χ0) is 28.5. The van der Waals surface area contributed by atoms with Gasteiger partial charge < -0.3 is 19.5 Å². The number of hydrogen-bond acceptors (Lipinski definition) is 4. The van der Waals surface area contributed by atoms with Gasteiger partial charge >= 0.3 is 5.97 Å². The highest BCUT2D eigenvalue weighted by Crippen LogP contribution is 2.35. The molecule has 0 aromatic heterocycles. The Balaban J connectivity index is 1.74. The summed E-state index contributed by atoms with van der Waals surface area (Å²) < 4.78 is 11.3. The Morgan fingerprint density at radius 3 is 2.27 bits per heavy atom. The minimum atomic E-state index is -1.05. The maximum atomic E-state index is 13.9. The van der Waals surface area contributed by atoms with Crippen molar-refractivity contribution in [2.75, 3.05) is 20.3 Å². The van der Waals surface area contributed by atoms with E-state index < -0.39 is 5.97 Å². The standard InChI is InChI=1S/C34H35NO5/c1-4-40-32-21-29(39-3)17-19-30(32)27-16-18-31(28(20-27)15-14-25-8-6-5-7-9-25)34(38)35(23-33(36)37)22-26-12-10-24(2)11-13-26/h5-13,16-21H,4,14-15,22-23H2,1-3H3,(H,36,37). The summed E-state index contributed by atoms with van der Waals surface area (Å²) in [5, 5.41) is 9.62. The van der Waals surface area contributed by atoms with Gasteiger partial charge in [0.2, 0.25) is 0 Å². The summed E-state index contributed by atoms with van der Waals surface area (Å²) in [5.41, 5.74) is 6.29. The molecule has 0 saturated carbocycles. The SMILES string of the molecule is CCOc1cc(OC)ccc1-c1ccc(C(=O)N(CC(=O)O)Cc2ccc(C)cc2)c(CCc2ccccc2)c1. The fourth-order valence-corrected chi connectivity index (χ4v) is 4.69. The predicted molar refractivity (Wildman–Crippen MR) is 157 cm³/mol. The third kappa shape index (κ3) is 7.29. The second-order valence-electron chi connectivity index (χ2n) is 9.69. The summed E-state index contributed by atoms with van der Waals surface area (Å²) >= 11 is 0. The summed E-state index contributed by atoms with van der Waals surface area (Å²) in [4.78, 5) is 27.1. The lowest BCUT2D eigenvalue weighted by Crippen LogP contribution is -2.35. The molecule has 4 aromatic carbocycles. The van der Waals surface area contributed by atoms with E-state index >= 15 is 0 Å². The normalized spacial score (nSPS) is 10.7. The second-order valence-corrected chi connectivity index (χ2v) is 9.69. The number of carboxylic acids is 1. The van der Waals surface area contributed by atoms with Gasteiger partial charge in [0, 0.05) is 23.7 Å². The molecule has 0 radical (unpaired) electrons. The third-order valence-corrected chi connectivity index (χ3v) is 6.77. The average Bonchev–Trinajstić information content (AvgIpc) is 2.97. The monoisotopic (exact) mass is 537 g/mol. The minimum absolute atomic E-state index is 0.207. The van der Waals surface area contributed by atoms with Gasteiger partial charge in [-0.3, -0.25) is 9.59 Å². The van der Waals surface area contributed by atoms with Crippen molar-refractivity contribution in [3.05, 3.63) is 119 Å². The second kappa shape index (κ2) is 13.5. The van der Waals surface area contributed by atoms with Crippen molar-refractivity contribution in [1.82, 2.24) is 4.90 Å². The van der Waals surface area contributed by atoms with Crippen LogP contribution < -0.4 is 9.47 Å². The van der Waals surface area contributed by atoms with Gasteiger partial charge in [-0.05, 0) is 67.1 Å². The van der Waals surface area contributed by atoms with Crippen LogP contribution in [0.5, 0.6) is 11.5 Å². The van der Waals surface area contributed by atoms with Crippen LogP contribution in [0, 0.1) is 6.92 Å². The number of carbonyl (C=O) groups is 2. The molecular weight excluding hydrogens is 502 g/mol. The van der Waals surface area contributed by atoms with Gasteiger partial charge in [-0.2, -0.15) is 0 Å². The van der Waals surface area contributed by atoms with Gasteiger partial charge in [0.25, 0.3) is 5.91 Å². The molecule has 0 aliphatic rings. The van der Waals surface area contributed by atoms with Crippen LogP contribution in [-0.2, 0) is 24.2 Å². The maximum absolute atomic E-state index is 13.9. The molecule has 40 heavy (non-hydrogen) atoms. The summed E-state index contributed by atoms with van der Waals surface area (Å²) in [6.07, 6.45) is 1.35. The van der Waals surface area contributed by atoms with Crippen molar-refractivity contribution in [2.24, 2.45) is 0 Å². The van der Waals surface area contributed by atoms with Gasteiger partial charge in [0.05, 0.1) is 13.7 Å². The predicted octanol–water partition coefficient (Wildman–Crippen LogP) is 6.58. The number of carbonyl (C=O) groups excluding carboxylic acids is 1. The first-order valence-electron chi connectivity index (χ1n) is 13.4. The van der Waals surface area contributed by atoms with E-state index in [0.717, 1.165) is 39.8 Å².